The number of non-ortho nitro benzene ring substituents is 1. The van der Waals surface area contributed by atoms with Crippen LogP contribution in [0.3, 0.4) is 0 Å². The topological polar surface area (TPSA) is 332 Å². The van der Waals surface area contributed by atoms with Crippen LogP contribution in [-0.2, 0) is 53.9 Å². The van der Waals surface area contributed by atoms with E-state index >= 15 is 0 Å². The first-order chi connectivity index (χ1) is 68.9. The van der Waals surface area contributed by atoms with Crippen LogP contribution in [0.15, 0.2) is 298 Å². The Morgan fingerprint density at radius 1 is 0.294 bits per heavy atom. The molecule has 10 aromatic carbocycles. The minimum absolute atomic E-state index is 0.00989. The number of ketones is 3. The first-order valence-electron chi connectivity index (χ1n) is 43.9. The molecule has 0 unspecified atom stereocenters. The molecule has 8 heterocycles. The maximum absolute atomic E-state index is 13.2. The van der Waals surface area contributed by atoms with Crippen molar-refractivity contribution in [2.24, 2.45) is 0 Å². The van der Waals surface area contributed by atoms with Gasteiger partial charge >= 0.3 is 17.9 Å². The van der Waals surface area contributed by atoms with Crippen molar-refractivity contribution >= 4 is 141 Å². The van der Waals surface area contributed by atoms with Gasteiger partial charge in [-0.1, -0.05) is 89.4 Å². The van der Waals surface area contributed by atoms with Crippen LogP contribution in [0.1, 0.15) is 137 Å². The van der Waals surface area contributed by atoms with Crippen molar-refractivity contribution < 1.29 is 98.3 Å². The second-order valence-electron chi connectivity index (χ2n) is 31.2. The van der Waals surface area contributed by atoms with E-state index in [9.17, 15) is 60.8 Å². The zero-order valence-corrected chi connectivity index (χ0v) is 79.4. The predicted molar refractivity (Wildman–Crippen MR) is 530 cm³/mol. The predicted octanol–water partition coefficient (Wildman–Crippen LogP) is 25.4. The van der Waals surface area contributed by atoms with Crippen LogP contribution in [0.25, 0.3) is 65.7 Å². The van der Waals surface area contributed by atoms with Crippen molar-refractivity contribution in [1.82, 2.24) is 39.9 Å². The van der Waals surface area contributed by atoms with Crippen molar-refractivity contribution in [3.05, 3.63) is 419 Å². The smallest absolute Gasteiger partial charge is 0.339 e. The number of nitro benzene ring substituents is 1. The summed E-state index contributed by atoms with van der Waals surface area (Å²) in [6.07, 6.45) is 12.2. The number of Topliss-reactive ketones (excluding diaryl/α,β-unsaturated/α-hetero) is 3. The first-order valence-corrected chi connectivity index (χ1v) is 45.1. The van der Waals surface area contributed by atoms with Crippen LogP contribution < -0.4 is 28.4 Å². The van der Waals surface area contributed by atoms with Gasteiger partial charge in [-0.15, -0.1) is 0 Å². The summed E-state index contributed by atoms with van der Waals surface area (Å²) in [5, 5.41) is 15.5. The highest BCUT2D eigenvalue weighted by molar-refractivity contribution is 6.31. The monoisotopic (exact) mass is 1990 g/mol. The molecular formula is C109H85Cl3F5N9O17. The molecular weight excluding hydrogens is 1910 g/mol. The Morgan fingerprint density at radius 2 is 0.594 bits per heavy atom. The third-order valence-corrected chi connectivity index (χ3v) is 21.4. The van der Waals surface area contributed by atoms with E-state index in [-0.39, 0.29) is 72.5 Å². The van der Waals surface area contributed by atoms with Gasteiger partial charge in [0.2, 0.25) is 0 Å². The third kappa shape index (κ3) is 30.1. The van der Waals surface area contributed by atoms with Crippen molar-refractivity contribution in [2.75, 3.05) is 19.8 Å². The lowest BCUT2D eigenvalue weighted by Crippen LogP contribution is -2.05. The summed E-state index contributed by atoms with van der Waals surface area (Å²) in [5.41, 5.74) is 12.6. The van der Waals surface area contributed by atoms with E-state index in [0.717, 1.165) is 61.8 Å². The fourth-order valence-electron chi connectivity index (χ4n) is 13.4. The Morgan fingerprint density at radius 3 is 0.951 bits per heavy atom. The molecule has 34 heteroatoms. The molecule has 0 aliphatic heterocycles. The van der Waals surface area contributed by atoms with Gasteiger partial charge in [-0.25, -0.2) is 36.3 Å². The van der Waals surface area contributed by atoms with E-state index in [1.54, 1.807) is 167 Å². The fraction of sp³-hybridized carbons (Fsp3) is 0.138. The Kier molecular flexibility index (Phi) is 36.3. The number of benzene rings is 10. The van der Waals surface area contributed by atoms with Crippen LogP contribution in [0.2, 0.25) is 15.1 Å². The maximum Gasteiger partial charge on any atom is 0.339 e. The van der Waals surface area contributed by atoms with E-state index in [2.05, 4.69) is 39.9 Å². The van der Waals surface area contributed by atoms with Crippen LogP contribution in [-0.4, -0.2) is 99.9 Å². The number of nitrogens with zero attached hydrogens (tertiary/aromatic N) is 9. The van der Waals surface area contributed by atoms with Crippen molar-refractivity contribution in [2.45, 2.75) is 81.2 Å². The Bertz CT molecular complexity index is 7390. The highest BCUT2D eigenvalue weighted by atomic mass is 35.5. The van der Waals surface area contributed by atoms with Gasteiger partial charge in [-0.05, 0) is 221 Å². The molecule has 724 valence electrons. The second kappa shape index (κ2) is 50.1. The average molecular weight is 1990 g/mol. The minimum Gasteiger partial charge on any atom is -0.489 e. The number of carbonyl (C=O) groups excluding carboxylic acids is 6. The van der Waals surface area contributed by atoms with E-state index in [4.69, 9.17) is 77.4 Å². The van der Waals surface area contributed by atoms with Gasteiger partial charge in [-0.3, -0.25) is 64.4 Å². The molecule has 0 spiro atoms. The summed E-state index contributed by atoms with van der Waals surface area (Å²) in [6, 6.07) is 69.0. The summed E-state index contributed by atoms with van der Waals surface area (Å²) in [7, 11) is 0. The van der Waals surface area contributed by atoms with Gasteiger partial charge in [0.25, 0.3) is 5.69 Å². The number of nitro groups is 1. The molecule has 8 aromatic heterocycles. The molecule has 0 aliphatic carbocycles. The summed E-state index contributed by atoms with van der Waals surface area (Å²) in [4.78, 5) is 114. The zero-order chi connectivity index (χ0) is 102. The van der Waals surface area contributed by atoms with Gasteiger partial charge in [-0.2, -0.15) is 0 Å². The van der Waals surface area contributed by atoms with E-state index < -0.39 is 46.1 Å². The van der Waals surface area contributed by atoms with Crippen LogP contribution in [0, 0.1) is 39.2 Å². The lowest BCUT2D eigenvalue weighted by Gasteiger charge is -2.09. The van der Waals surface area contributed by atoms with Gasteiger partial charge in [0.15, 0.2) is 34.8 Å². The van der Waals surface area contributed by atoms with E-state index in [1.807, 2.05) is 78.9 Å². The SMILES string of the molecule is CC(=O)c1cnc2cc(OCc3cccc(Cl)c3)ccc2c1.CC(=O)c1cnc2cc(OCc3cccc(Cl)c3)cnc2c1.CC(=O)c1cnc2cc(OCc3cccc(F)c3)cnc2c1.CCOC(=O)c1cnc2cc(OCc3cc(F)c(F)c(F)c3)ccc2c1.CCOC(=O)c1cnc2cc(OCc3ccc(F)c(Cl)c3)ccc2c1.CCOC(=O)c1cnc2cc(OCc3cccc([N+](=O)[O-])c3)ccc2c1. The van der Waals surface area contributed by atoms with Crippen LogP contribution in [0.4, 0.5) is 27.6 Å². The molecule has 18 rings (SSSR count). The highest BCUT2D eigenvalue weighted by Crippen LogP contribution is 2.31. The number of esters is 3. The number of aromatic nitrogens is 8. The summed E-state index contributed by atoms with van der Waals surface area (Å²) in [5.74, 6) is -2.63. The third-order valence-electron chi connectivity index (χ3n) is 20.6. The highest BCUT2D eigenvalue weighted by Gasteiger charge is 2.18. The second-order valence-corrected chi connectivity index (χ2v) is 32.5. The summed E-state index contributed by atoms with van der Waals surface area (Å²) in [6.45, 7) is 12.0. The number of rotatable bonds is 28. The Balaban J connectivity index is 0.000000144. The van der Waals surface area contributed by atoms with Crippen molar-refractivity contribution in [3.8, 4) is 34.5 Å². The molecule has 26 nitrogen and oxygen atoms in total. The van der Waals surface area contributed by atoms with Gasteiger partial charge in [0.05, 0.1) is 103 Å². The molecule has 18 aromatic rings. The van der Waals surface area contributed by atoms with E-state index in [1.165, 1.54) is 82.0 Å². The number of hydrogen-bond donors (Lipinski definition) is 0. The first kappa shape index (κ1) is 103. The number of pyridine rings is 8. The number of hydrogen-bond acceptors (Lipinski definition) is 25. The standard InChI is InChI=1S/C19H15ClFNO3.C19H14F3NO3.C19H16N2O5.C18H14ClNO2.C17H13ClN2O2.C17H13FN2O2/c1-2-24-19(23)14-8-13-4-5-15(9-18(13)22-10-14)25-11-12-3-6-17(21)16(20)7-12;1-2-25-19(24)13-7-12-3-4-14(8-17(12)23-9-13)26-10-11-5-15(20)18(22)16(21)6-11;1-2-25-19(22)15-9-14-6-7-17(10-18(14)20-11-15)26-12-13-4-3-5-16(8-13)21(23)24;1-12(21)15-8-14-5-6-17(9-18(14)20-10-15)22-11-13-3-2-4-16(19)7-13;2*1-11(21)13-6-16-17(19-8-13)7-15(9-20-16)22-10-12-3-2-4-14(18)5-12/h3-10H,2,11H2,1H3;3-9H,2,10H2,1H3;3-11H,2,12H2,1H3;2-10H,11H2,1H3;2*2-9H,10H2,1H3. The Hall–Kier alpha value is -16.9. The number of ether oxygens (including phenoxy) is 9. The van der Waals surface area contributed by atoms with Crippen LogP contribution >= 0.6 is 34.8 Å². The number of fused-ring (bicyclic) bond motifs is 6. The Labute approximate surface area is 829 Å². The molecule has 0 saturated heterocycles. The van der Waals surface area contributed by atoms with Crippen molar-refractivity contribution in [1.29, 1.82) is 0 Å². The molecule has 0 atom stereocenters. The lowest BCUT2D eigenvalue weighted by atomic mass is 10.1. The van der Waals surface area contributed by atoms with Gasteiger partial charge < -0.3 is 42.6 Å². The molecule has 0 radical (unpaired) electrons. The molecule has 0 N–H and O–H groups in total. The lowest BCUT2D eigenvalue weighted by molar-refractivity contribution is -0.384. The zero-order valence-electron chi connectivity index (χ0n) is 77.1. The average Bonchev–Trinajstić information content (AvgIpc) is 0.827. The van der Waals surface area contributed by atoms with Gasteiger partial charge in [0, 0.05) is 134 Å². The van der Waals surface area contributed by atoms with Gasteiger partial charge in [0.1, 0.15) is 85.8 Å². The fourth-order valence-corrected chi connectivity index (χ4v) is 14.0. The maximum atomic E-state index is 13.2. The molecule has 0 fully saturated rings. The molecule has 0 bridgehead atoms. The minimum atomic E-state index is -1.51. The number of carbonyl (C=O) groups is 6. The van der Waals surface area contributed by atoms with E-state index in [0.29, 0.717) is 148 Å². The molecule has 0 amide bonds. The quantitative estimate of drug-likeness (QED) is 0.00836. The molecule has 143 heavy (non-hydrogen) atoms. The van der Waals surface area contributed by atoms with Crippen LogP contribution in [0.5, 0.6) is 34.5 Å². The normalized spacial score (nSPS) is 10.6. The largest absolute Gasteiger partial charge is 0.489 e. The molecule has 0 aliphatic rings. The summed E-state index contributed by atoms with van der Waals surface area (Å²) < 4.78 is 114. The molecule has 0 saturated carbocycles. The summed E-state index contributed by atoms with van der Waals surface area (Å²) >= 11 is 17.6. The number of halogens is 8. The van der Waals surface area contributed by atoms with Crippen molar-refractivity contribution in [3.63, 3.8) is 0 Å².